The molecule has 0 bridgehead atoms. The number of aryl methyl sites for hydroxylation is 1. The Morgan fingerprint density at radius 1 is 1.22 bits per heavy atom. The van der Waals surface area contributed by atoms with Gasteiger partial charge in [0.2, 0.25) is 0 Å². The van der Waals surface area contributed by atoms with Crippen molar-refractivity contribution in [1.82, 2.24) is 5.32 Å². The molecule has 23 heavy (non-hydrogen) atoms. The highest BCUT2D eigenvalue weighted by atomic mass is 19.1. The maximum atomic E-state index is 13.5. The Hall–Kier alpha value is -2.36. The maximum Gasteiger partial charge on any atom is 0.258 e. The van der Waals surface area contributed by atoms with E-state index in [0.717, 1.165) is 24.8 Å². The summed E-state index contributed by atoms with van der Waals surface area (Å²) < 4.78 is 18.8. The van der Waals surface area contributed by atoms with Crippen LogP contribution in [0.15, 0.2) is 48.5 Å². The Kier molecular flexibility index (Phi) is 4.33. The van der Waals surface area contributed by atoms with Crippen molar-refractivity contribution in [2.45, 2.75) is 31.7 Å². The number of ether oxygens (including phenoxy) is 1. The predicted molar refractivity (Wildman–Crippen MR) is 86.8 cm³/mol. The van der Waals surface area contributed by atoms with E-state index < -0.39 is 11.4 Å². The van der Waals surface area contributed by atoms with Crippen LogP contribution in [0.2, 0.25) is 0 Å². The number of carbonyl (C=O) groups excluding carboxylic acids is 1. The maximum absolute atomic E-state index is 13.5. The highest BCUT2D eigenvalue weighted by Crippen LogP contribution is 2.34. The summed E-state index contributed by atoms with van der Waals surface area (Å²) in [6.07, 6.45) is 2.95. The minimum Gasteiger partial charge on any atom is -0.481 e. The number of rotatable bonds is 4. The average Bonchev–Trinajstić information content (AvgIpc) is 2.54. The number of benzene rings is 2. The summed E-state index contributed by atoms with van der Waals surface area (Å²) >= 11 is 0. The van der Waals surface area contributed by atoms with Crippen LogP contribution in [-0.4, -0.2) is 12.5 Å². The first-order valence-electron chi connectivity index (χ1n) is 7.85. The molecule has 0 aromatic heterocycles. The largest absolute Gasteiger partial charge is 0.481 e. The van der Waals surface area contributed by atoms with Gasteiger partial charge in [-0.25, -0.2) is 4.39 Å². The molecule has 1 amide bonds. The lowest BCUT2D eigenvalue weighted by Gasteiger charge is -2.36. The van der Waals surface area contributed by atoms with E-state index in [1.165, 1.54) is 17.7 Å². The van der Waals surface area contributed by atoms with Gasteiger partial charge in [-0.05, 0) is 49.4 Å². The zero-order valence-electron chi connectivity index (χ0n) is 13.1. The van der Waals surface area contributed by atoms with Gasteiger partial charge in [0.1, 0.15) is 0 Å². The molecule has 1 atom stereocenters. The van der Waals surface area contributed by atoms with E-state index in [1.807, 2.05) is 19.1 Å². The van der Waals surface area contributed by atoms with E-state index >= 15 is 0 Å². The minimum atomic E-state index is -0.463. The third-order valence-electron chi connectivity index (χ3n) is 4.35. The second-order valence-electron chi connectivity index (χ2n) is 6.11. The van der Waals surface area contributed by atoms with Crippen LogP contribution >= 0.6 is 0 Å². The second kappa shape index (κ2) is 6.41. The van der Waals surface area contributed by atoms with E-state index in [4.69, 9.17) is 4.74 Å². The van der Waals surface area contributed by atoms with Crippen LogP contribution in [0.1, 0.15) is 30.9 Å². The SMILES string of the molecule is C[C@@]1(NC(=O)COc2ccccc2F)CCCc2ccccc21. The minimum absolute atomic E-state index is 0.0943. The molecule has 0 aliphatic heterocycles. The van der Waals surface area contributed by atoms with Crippen molar-refractivity contribution in [2.75, 3.05) is 6.61 Å². The Bertz CT molecular complexity index is 716. The lowest BCUT2D eigenvalue weighted by atomic mass is 9.78. The van der Waals surface area contributed by atoms with E-state index in [9.17, 15) is 9.18 Å². The zero-order chi connectivity index (χ0) is 16.3. The van der Waals surface area contributed by atoms with Gasteiger partial charge in [-0.15, -0.1) is 0 Å². The number of fused-ring (bicyclic) bond motifs is 1. The van der Waals surface area contributed by atoms with Crippen LogP contribution in [0.5, 0.6) is 5.75 Å². The van der Waals surface area contributed by atoms with Gasteiger partial charge in [-0.1, -0.05) is 36.4 Å². The number of carbonyl (C=O) groups is 1. The van der Waals surface area contributed by atoms with Crippen molar-refractivity contribution >= 4 is 5.91 Å². The smallest absolute Gasteiger partial charge is 0.258 e. The summed E-state index contributed by atoms with van der Waals surface area (Å²) in [6, 6.07) is 14.3. The van der Waals surface area contributed by atoms with Gasteiger partial charge in [0.25, 0.3) is 5.91 Å². The Morgan fingerprint density at radius 3 is 2.78 bits per heavy atom. The molecule has 1 N–H and O–H groups in total. The molecule has 0 fully saturated rings. The number of halogens is 1. The summed E-state index contributed by atoms with van der Waals surface area (Å²) in [6.45, 7) is 1.84. The van der Waals surface area contributed by atoms with Gasteiger partial charge < -0.3 is 10.1 Å². The molecule has 0 saturated heterocycles. The lowest BCUT2D eigenvalue weighted by molar-refractivity contribution is -0.125. The van der Waals surface area contributed by atoms with Gasteiger partial charge >= 0.3 is 0 Å². The van der Waals surface area contributed by atoms with Crippen LogP contribution < -0.4 is 10.1 Å². The first kappa shape index (κ1) is 15.5. The van der Waals surface area contributed by atoms with Gasteiger partial charge in [0, 0.05) is 0 Å². The number of hydrogen-bond donors (Lipinski definition) is 1. The molecule has 4 heteroatoms. The molecule has 0 saturated carbocycles. The molecular formula is C19H20FNO2. The van der Waals surface area contributed by atoms with Crippen molar-refractivity contribution < 1.29 is 13.9 Å². The summed E-state index contributed by atoms with van der Waals surface area (Å²) in [7, 11) is 0. The first-order chi connectivity index (χ1) is 11.1. The van der Waals surface area contributed by atoms with E-state index in [-0.39, 0.29) is 18.3 Å². The van der Waals surface area contributed by atoms with Crippen molar-refractivity contribution in [3.05, 3.63) is 65.5 Å². The van der Waals surface area contributed by atoms with Gasteiger partial charge in [-0.3, -0.25) is 4.79 Å². The summed E-state index contributed by atoms with van der Waals surface area (Å²) in [5, 5.41) is 3.05. The lowest BCUT2D eigenvalue weighted by Crippen LogP contribution is -2.47. The van der Waals surface area contributed by atoms with Gasteiger partial charge in [0.05, 0.1) is 5.54 Å². The Labute approximate surface area is 135 Å². The predicted octanol–water partition coefficient (Wildman–Crippen LogP) is 3.57. The molecular weight excluding hydrogens is 293 g/mol. The summed E-state index contributed by atoms with van der Waals surface area (Å²) in [5.74, 6) is -0.612. The standard InChI is InChI=1S/C19H20FNO2/c1-19(12-6-8-14-7-2-3-9-15(14)19)21-18(22)13-23-17-11-5-4-10-16(17)20/h2-5,7,9-11H,6,8,12-13H2,1H3,(H,21,22)/t19-/m1/s1. The molecule has 3 rings (SSSR count). The normalized spacial score (nSPS) is 19.7. The molecule has 1 aliphatic rings. The Morgan fingerprint density at radius 2 is 1.96 bits per heavy atom. The Balaban J connectivity index is 1.67. The number of amides is 1. The quantitative estimate of drug-likeness (QED) is 0.937. The van der Waals surface area contributed by atoms with E-state index in [0.29, 0.717) is 0 Å². The molecule has 0 spiro atoms. The first-order valence-corrected chi connectivity index (χ1v) is 7.85. The van der Waals surface area contributed by atoms with Crippen molar-refractivity contribution in [1.29, 1.82) is 0 Å². The fourth-order valence-corrected chi connectivity index (χ4v) is 3.22. The van der Waals surface area contributed by atoms with Crippen molar-refractivity contribution in [3.63, 3.8) is 0 Å². The highest BCUT2D eigenvalue weighted by molar-refractivity contribution is 5.78. The van der Waals surface area contributed by atoms with Crippen LogP contribution in [0.3, 0.4) is 0 Å². The second-order valence-corrected chi connectivity index (χ2v) is 6.11. The van der Waals surface area contributed by atoms with Crippen molar-refractivity contribution in [3.8, 4) is 5.75 Å². The topological polar surface area (TPSA) is 38.3 Å². The summed E-state index contributed by atoms with van der Waals surface area (Å²) in [5.41, 5.74) is 2.03. The third-order valence-corrected chi connectivity index (χ3v) is 4.35. The average molecular weight is 313 g/mol. The molecule has 3 nitrogen and oxygen atoms in total. The molecule has 120 valence electrons. The molecule has 2 aromatic carbocycles. The monoisotopic (exact) mass is 313 g/mol. The number of para-hydroxylation sites is 1. The summed E-state index contributed by atoms with van der Waals surface area (Å²) in [4.78, 5) is 12.3. The van der Waals surface area contributed by atoms with Crippen LogP contribution in [0, 0.1) is 5.82 Å². The van der Waals surface area contributed by atoms with E-state index in [1.54, 1.807) is 12.1 Å². The number of hydrogen-bond acceptors (Lipinski definition) is 2. The molecule has 0 heterocycles. The molecule has 1 aliphatic carbocycles. The van der Waals surface area contributed by atoms with E-state index in [2.05, 4.69) is 17.4 Å². The van der Waals surface area contributed by atoms with Crippen LogP contribution in [-0.2, 0) is 16.8 Å². The van der Waals surface area contributed by atoms with Crippen LogP contribution in [0.4, 0.5) is 4.39 Å². The zero-order valence-corrected chi connectivity index (χ0v) is 13.1. The fraction of sp³-hybridized carbons (Fsp3) is 0.316. The fourth-order valence-electron chi connectivity index (χ4n) is 3.22. The van der Waals surface area contributed by atoms with Gasteiger partial charge in [0.15, 0.2) is 18.2 Å². The molecule has 0 radical (unpaired) electrons. The number of nitrogens with one attached hydrogen (secondary N) is 1. The molecule has 0 unspecified atom stereocenters. The highest BCUT2D eigenvalue weighted by Gasteiger charge is 2.33. The van der Waals surface area contributed by atoms with Gasteiger partial charge in [-0.2, -0.15) is 0 Å². The van der Waals surface area contributed by atoms with Crippen molar-refractivity contribution in [2.24, 2.45) is 0 Å². The molecule has 2 aromatic rings. The van der Waals surface area contributed by atoms with Crippen LogP contribution in [0.25, 0.3) is 0 Å². The third kappa shape index (κ3) is 3.36.